The molecule has 110 valence electrons. The van der Waals surface area contributed by atoms with Crippen LogP contribution in [-0.2, 0) is 6.42 Å². The second-order valence-corrected chi connectivity index (χ2v) is 5.13. The number of carboxylic acids is 1. The van der Waals surface area contributed by atoms with Gasteiger partial charge in [-0.25, -0.2) is 4.79 Å². The predicted molar refractivity (Wildman–Crippen MR) is 82.4 cm³/mol. The molecule has 0 saturated carbocycles. The third kappa shape index (κ3) is 2.51. The number of carbonyl (C=O) groups is 2. The minimum Gasteiger partial charge on any atom is -0.478 e. The Bertz CT molecular complexity index is 859. The molecule has 0 fully saturated rings. The first-order valence-electron chi connectivity index (χ1n) is 6.90. The summed E-state index contributed by atoms with van der Waals surface area (Å²) in [5.74, 6) is -0.762. The van der Waals surface area contributed by atoms with E-state index in [2.05, 4.69) is 0 Å². The Morgan fingerprint density at radius 1 is 1.09 bits per heavy atom. The molecule has 0 radical (unpaired) electrons. The molecular weight excluding hydrogens is 280 g/mol. The molecule has 0 saturated heterocycles. The van der Waals surface area contributed by atoms with Gasteiger partial charge in [-0.2, -0.15) is 0 Å². The van der Waals surface area contributed by atoms with Gasteiger partial charge in [-0.1, -0.05) is 30.3 Å². The smallest absolute Gasteiger partial charge is 0.339 e. The molecule has 0 atom stereocenters. The van der Waals surface area contributed by atoms with E-state index < -0.39 is 5.97 Å². The number of hydrogen-bond acceptors (Lipinski definition) is 3. The molecule has 1 aromatic heterocycles. The molecule has 1 N–H and O–H groups in total. The van der Waals surface area contributed by atoms with Crippen molar-refractivity contribution in [2.24, 2.45) is 0 Å². The quantitative estimate of drug-likeness (QED) is 0.742. The van der Waals surface area contributed by atoms with E-state index in [-0.39, 0.29) is 17.8 Å². The van der Waals surface area contributed by atoms with Gasteiger partial charge in [0.2, 0.25) is 0 Å². The number of hydrogen-bond donors (Lipinski definition) is 1. The van der Waals surface area contributed by atoms with Crippen LogP contribution in [0.5, 0.6) is 0 Å². The fraction of sp³-hybridized carbons (Fsp3) is 0.111. The van der Waals surface area contributed by atoms with Gasteiger partial charge in [0.05, 0.1) is 0 Å². The highest BCUT2D eigenvalue weighted by molar-refractivity contribution is 6.07. The lowest BCUT2D eigenvalue weighted by Crippen LogP contribution is -2.04. The number of fused-ring (bicyclic) bond motifs is 1. The highest BCUT2D eigenvalue weighted by atomic mass is 16.4. The van der Waals surface area contributed by atoms with E-state index in [1.807, 2.05) is 30.3 Å². The average Bonchev–Trinajstić information content (AvgIpc) is 2.83. The van der Waals surface area contributed by atoms with Crippen LogP contribution in [0.2, 0.25) is 0 Å². The van der Waals surface area contributed by atoms with Crippen molar-refractivity contribution >= 4 is 22.7 Å². The zero-order chi connectivity index (χ0) is 15.7. The number of ketones is 1. The standard InChI is InChI=1S/C18H14O4/c1-11-17(18(20)21)14-10-13(7-8-16(14)22-11)15(19)9-12-5-3-2-4-6-12/h2-8,10H,9H2,1H3,(H,20,21). The van der Waals surface area contributed by atoms with Crippen molar-refractivity contribution in [2.75, 3.05) is 0 Å². The molecule has 0 spiro atoms. The molecule has 22 heavy (non-hydrogen) atoms. The molecule has 0 aliphatic rings. The molecule has 0 unspecified atom stereocenters. The molecule has 0 amide bonds. The average molecular weight is 294 g/mol. The number of rotatable bonds is 4. The third-order valence-corrected chi connectivity index (χ3v) is 3.61. The summed E-state index contributed by atoms with van der Waals surface area (Å²) in [6.07, 6.45) is 0.283. The van der Waals surface area contributed by atoms with Crippen molar-refractivity contribution in [3.8, 4) is 0 Å². The fourth-order valence-electron chi connectivity index (χ4n) is 2.54. The number of aromatic carboxylic acids is 1. The fourth-order valence-corrected chi connectivity index (χ4v) is 2.54. The Labute approximate surface area is 127 Å². The Hall–Kier alpha value is -2.88. The molecule has 3 rings (SSSR count). The molecule has 3 aromatic rings. The highest BCUT2D eigenvalue weighted by Gasteiger charge is 2.18. The maximum Gasteiger partial charge on any atom is 0.339 e. The molecule has 0 aliphatic carbocycles. The summed E-state index contributed by atoms with van der Waals surface area (Å²) in [7, 11) is 0. The lowest BCUT2D eigenvalue weighted by atomic mass is 10.0. The van der Waals surface area contributed by atoms with Gasteiger partial charge >= 0.3 is 5.97 Å². The maximum absolute atomic E-state index is 12.4. The SMILES string of the molecule is Cc1oc2ccc(C(=O)Cc3ccccc3)cc2c1C(=O)O. The first-order chi connectivity index (χ1) is 10.6. The van der Waals surface area contributed by atoms with Crippen LogP contribution in [0, 0.1) is 6.92 Å². The van der Waals surface area contributed by atoms with Crippen molar-refractivity contribution in [1.29, 1.82) is 0 Å². The monoisotopic (exact) mass is 294 g/mol. The van der Waals surface area contributed by atoms with E-state index in [0.29, 0.717) is 22.3 Å². The van der Waals surface area contributed by atoms with Gasteiger partial charge in [0, 0.05) is 17.4 Å². The lowest BCUT2D eigenvalue weighted by Gasteiger charge is -2.02. The first kappa shape index (κ1) is 14.1. The third-order valence-electron chi connectivity index (χ3n) is 3.61. The summed E-state index contributed by atoms with van der Waals surface area (Å²) in [6, 6.07) is 14.4. The Morgan fingerprint density at radius 2 is 1.82 bits per heavy atom. The van der Waals surface area contributed by atoms with Gasteiger partial charge < -0.3 is 9.52 Å². The van der Waals surface area contributed by atoms with Gasteiger partial charge in [0.1, 0.15) is 16.9 Å². The van der Waals surface area contributed by atoms with Crippen LogP contribution in [-0.4, -0.2) is 16.9 Å². The Balaban J connectivity index is 1.99. The van der Waals surface area contributed by atoms with Crippen molar-refractivity contribution < 1.29 is 19.1 Å². The van der Waals surface area contributed by atoms with E-state index in [1.54, 1.807) is 25.1 Å². The van der Waals surface area contributed by atoms with Crippen LogP contribution in [0.3, 0.4) is 0 Å². The van der Waals surface area contributed by atoms with Crippen LogP contribution >= 0.6 is 0 Å². The molecule has 1 heterocycles. The van der Waals surface area contributed by atoms with Gasteiger partial charge in [0.25, 0.3) is 0 Å². The van der Waals surface area contributed by atoms with E-state index in [1.165, 1.54) is 0 Å². The van der Waals surface area contributed by atoms with Crippen molar-refractivity contribution in [1.82, 2.24) is 0 Å². The summed E-state index contributed by atoms with van der Waals surface area (Å²) in [6.45, 7) is 1.61. The summed E-state index contributed by atoms with van der Waals surface area (Å²) in [5.41, 5.74) is 2.00. The minimum atomic E-state index is -1.05. The largest absolute Gasteiger partial charge is 0.478 e. The van der Waals surface area contributed by atoms with Crippen molar-refractivity contribution in [2.45, 2.75) is 13.3 Å². The summed E-state index contributed by atoms with van der Waals surface area (Å²) >= 11 is 0. The van der Waals surface area contributed by atoms with Crippen LogP contribution in [0.15, 0.2) is 52.9 Å². The normalized spacial score (nSPS) is 10.8. The van der Waals surface area contributed by atoms with E-state index in [0.717, 1.165) is 5.56 Å². The molecule has 0 aliphatic heterocycles. The van der Waals surface area contributed by atoms with E-state index in [9.17, 15) is 14.7 Å². The second kappa shape index (κ2) is 5.48. The van der Waals surface area contributed by atoms with E-state index >= 15 is 0 Å². The number of carboxylic acid groups (broad SMARTS) is 1. The Morgan fingerprint density at radius 3 is 2.50 bits per heavy atom. The topological polar surface area (TPSA) is 67.5 Å². The van der Waals surface area contributed by atoms with Gasteiger partial charge in [-0.05, 0) is 30.7 Å². The zero-order valence-corrected chi connectivity index (χ0v) is 12.0. The molecule has 2 aromatic carbocycles. The number of carbonyl (C=O) groups excluding carboxylic acids is 1. The summed E-state index contributed by atoms with van der Waals surface area (Å²) in [5, 5.41) is 9.73. The van der Waals surface area contributed by atoms with Gasteiger partial charge in [0.15, 0.2) is 5.78 Å². The highest BCUT2D eigenvalue weighted by Crippen LogP contribution is 2.27. The molecule has 0 bridgehead atoms. The van der Waals surface area contributed by atoms with Crippen LogP contribution in [0.1, 0.15) is 32.0 Å². The summed E-state index contributed by atoms with van der Waals surface area (Å²) in [4.78, 5) is 23.7. The predicted octanol–water partition coefficient (Wildman–Crippen LogP) is 3.86. The Kier molecular flexibility index (Phi) is 3.51. The summed E-state index contributed by atoms with van der Waals surface area (Å²) < 4.78 is 5.42. The number of benzene rings is 2. The number of Topliss-reactive ketones (excluding diaryl/α,β-unsaturated/α-hetero) is 1. The van der Waals surface area contributed by atoms with Crippen LogP contribution in [0.4, 0.5) is 0 Å². The van der Waals surface area contributed by atoms with Crippen molar-refractivity contribution in [3.63, 3.8) is 0 Å². The first-order valence-corrected chi connectivity index (χ1v) is 6.90. The number of furan rings is 1. The maximum atomic E-state index is 12.4. The molecule has 4 heteroatoms. The zero-order valence-electron chi connectivity index (χ0n) is 12.0. The second-order valence-electron chi connectivity index (χ2n) is 5.13. The van der Waals surface area contributed by atoms with Crippen molar-refractivity contribution in [3.05, 3.63) is 71.0 Å². The minimum absolute atomic E-state index is 0.0525. The van der Waals surface area contributed by atoms with Crippen LogP contribution in [0.25, 0.3) is 11.0 Å². The number of aryl methyl sites for hydroxylation is 1. The van der Waals surface area contributed by atoms with Crippen LogP contribution < -0.4 is 0 Å². The lowest BCUT2D eigenvalue weighted by molar-refractivity contribution is 0.0696. The van der Waals surface area contributed by atoms with Gasteiger partial charge in [-0.3, -0.25) is 4.79 Å². The van der Waals surface area contributed by atoms with E-state index in [4.69, 9.17) is 4.42 Å². The molecule has 4 nitrogen and oxygen atoms in total. The van der Waals surface area contributed by atoms with Gasteiger partial charge in [-0.15, -0.1) is 0 Å². The molecular formula is C18H14O4.